The van der Waals surface area contributed by atoms with E-state index < -0.39 is 0 Å². The number of thiazole rings is 1. The second-order valence-corrected chi connectivity index (χ2v) is 10.8. The molecule has 1 N–H and O–H groups in total. The summed E-state index contributed by atoms with van der Waals surface area (Å²) in [5.74, 6) is 1.56. The highest BCUT2D eigenvalue weighted by atomic mass is 35.5. The predicted molar refractivity (Wildman–Crippen MR) is 154 cm³/mol. The molecule has 2 aromatic heterocycles. The average Bonchev–Trinajstić information content (AvgIpc) is 3.57. The van der Waals surface area contributed by atoms with Gasteiger partial charge in [-0.1, -0.05) is 53.7 Å². The molecule has 5 rings (SSSR count). The molecule has 38 heavy (non-hydrogen) atoms. The topological polar surface area (TPSA) is 81.9 Å². The van der Waals surface area contributed by atoms with Crippen molar-refractivity contribution in [3.8, 4) is 22.8 Å². The highest BCUT2D eigenvalue weighted by Crippen LogP contribution is 2.36. The average molecular weight is 562 g/mol. The molecule has 7 nitrogen and oxygen atoms in total. The lowest BCUT2D eigenvalue weighted by atomic mass is 10.1. The SMILES string of the molecule is COc1ccccc1-n1c(SCc2nc(C(=O)Nc3ccc(C)c(C)c3)cs2)nnc1-c1ccccc1Cl. The number of nitrogens with one attached hydrogen (secondary N) is 1. The van der Waals surface area contributed by atoms with Gasteiger partial charge in [-0.05, 0) is 61.4 Å². The summed E-state index contributed by atoms with van der Waals surface area (Å²) in [5.41, 5.74) is 4.98. The Bertz CT molecular complexity index is 1610. The molecule has 1 amide bonds. The van der Waals surface area contributed by atoms with E-state index in [-0.39, 0.29) is 5.91 Å². The number of aryl methyl sites for hydroxylation is 2. The highest BCUT2D eigenvalue weighted by molar-refractivity contribution is 7.98. The Balaban J connectivity index is 1.39. The number of carbonyl (C=O) groups is 1. The minimum Gasteiger partial charge on any atom is -0.495 e. The molecule has 0 aliphatic heterocycles. The second-order valence-electron chi connectivity index (χ2n) is 8.46. The fraction of sp³-hybridized carbons (Fsp3) is 0.143. The molecule has 0 spiro atoms. The Morgan fingerprint density at radius 3 is 2.63 bits per heavy atom. The van der Waals surface area contributed by atoms with Crippen molar-refractivity contribution in [2.24, 2.45) is 0 Å². The van der Waals surface area contributed by atoms with Crippen LogP contribution in [-0.2, 0) is 5.75 Å². The van der Waals surface area contributed by atoms with Crippen molar-refractivity contribution in [3.05, 3.63) is 99.0 Å². The van der Waals surface area contributed by atoms with Gasteiger partial charge >= 0.3 is 0 Å². The number of nitrogens with zero attached hydrogens (tertiary/aromatic N) is 4. The molecule has 0 bridgehead atoms. The summed E-state index contributed by atoms with van der Waals surface area (Å²) in [4.78, 5) is 17.3. The number of thioether (sulfide) groups is 1. The minimum atomic E-state index is -0.237. The quantitative estimate of drug-likeness (QED) is 0.201. The van der Waals surface area contributed by atoms with Crippen LogP contribution in [0.4, 0.5) is 5.69 Å². The first-order chi connectivity index (χ1) is 18.4. The van der Waals surface area contributed by atoms with Crippen LogP contribution in [0.2, 0.25) is 5.02 Å². The van der Waals surface area contributed by atoms with Gasteiger partial charge in [0.25, 0.3) is 5.91 Å². The van der Waals surface area contributed by atoms with E-state index >= 15 is 0 Å². The zero-order valence-electron chi connectivity index (χ0n) is 20.9. The lowest BCUT2D eigenvalue weighted by Gasteiger charge is -2.14. The number of methoxy groups -OCH3 is 1. The Labute approximate surface area is 233 Å². The largest absolute Gasteiger partial charge is 0.495 e. The molecule has 2 heterocycles. The van der Waals surface area contributed by atoms with Crippen molar-refractivity contribution in [2.45, 2.75) is 24.8 Å². The number of hydrogen-bond donors (Lipinski definition) is 1. The summed E-state index contributed by atoms with van der Waals surface area (Å²) in [6.07, 6.45) is 0. The van der Waals surface area contributed by atoms with Gasteiger partial charge in [-0.15, -0.1) is 21.5 Å². The summed E-state index contributed by atoms with van der Waals surface area (Å²) >= 11 is 9.42. The number of aromatic nitrogens is 4. The number of ether oxygens (including phenoxy) is 1. The lowest BCUT2D eigenvalue weighted by molar-refractivity contribution is 0.102. The molecule has 10 heteroatoms. The number of benzene rings is 3. The number of carbonyl (C=O) groups excluding carboxylic acids is 1. The van der Waals surface area contributed by atoms with Crippen molar-refractivity contribution in [1.82, 2.24) is 19.7 Å². The van der Waals surface area contributed by atoms with Gasteiger partial charge in [0, 0.05) is 16.6 Å². The van der Waals surface area contributed by atoms with E-state index in [4.69, 9.17) is 16.3 Å². The molecule has 0 unspecified atom stereocenters. The molecule has 0 radical (unpaired) electrons. The maximum atomic E-state index is 12.8. The third-order valence-electron chi connectivity index (χ3n) is 5.95. The summed E-state index contributed by atoms with van der Waals surface area (Å²) in [6.45, 7) is 4.06. The Morgan fingerprint density at radius 1 is 1.05 bits per heavy atom. The lowest BCUT2D eigenvalue weighted by Crippen LogP contribution is -2.12. The number of rotatable bonds is 8. The maximum Gasteiger partial charge on any atom is 0.275 e. The van der Waals surface area contributed by atoms with Gasteiger partial charge in [-0.25, -0.2) is 4.98 Å². The van der Waals surface area contributed by atoms with Gasteiger partial charge in [0.05, 0.1) is 23.6 Å². The Hall–Kier alpha value is -3.66. The van der Waals surface area contributed by atoms with Crippen molar-refractivity contribution in [1.29, 1.82) is 0 Å². The van der Waals surface area contributed by atoms with E-state index in [1.165, 1.54) is 28.7 Å². The van der Waals surface area contributed by atoms with E-state index in [0.717, 1.165) is 27.5 Å². The van der Waals surface area contributed by atoms with E-state index in [2.05, 4.69) is 20.5 Å². The molecular formula is C28H24ClN5O2S2. The molecule has 0 saturated heterocycles. The predicted octanol–water partition coefficient (Wildman–Crippen LogP) is 7.21. The standard InChI is InChI=1S/C28H24ClN5O2S2/c1-17-12-13-19(14-18(17)2)30-27(35)22-15-37-25(31-22)16-38-28-33-32-26(20-8-4-5-9-21(20)29)34(28)23-10-6-7-11-24(23)36-3/h4-15H,16H2,1-3H3,(H,30,35). The van der Waals surface area contributed by atoms with Crippen molar-refractivity contribution in [2.75, 3.05) is 12.4 Å². The Kier molecular flexibility index (Phi) is 7.78. The molecule has 0 aliphatic rings. The fourth-order valence-electron chi connectivity index (χ4n) is 3.83. The van der Waals surface area contributed by atoms with Crippen molar-refractivity contribution >= 4 is 46.3 Å². The van der Waals surface area contributed by atoms with Crippen LogP contribution in [-0.4, -0.2) is 32.8 Å². The van der Waals surface area contributed by atoms with Crippen LogP contribution in [0.1, 0.15) is 26.6 Å². The number of anilines is 1. The zero-order valence-corrected chi connectivity index (χ0v) is 23.3. The first-order valence-electron chi connectivity index (χ1n) is 11.7. The molecule has 3 aromatic carbocycles. The molecule has 0 aliphatic carbocycles. The fourth-order valence-corrected chi connectivity index (χ4v) is 5.79. The number of hydrogen-bond acceptors (Lipinski definition) is 7. The molecule has 5 aromatic rings. The van der Waals surface area contributed by atoms with Gasteiger partial charge in [0.1, 0.15) is 16.5 Å². The first kappa shape index (κ1) is 26.0. The molecule has 0 atom stereocenters. The molecule has 192 valence electrons. The smallest absolute Gasteiger partial charge is 0.275 e. The van der Waals surface area contributed by atoms with Crippen molar-refractivity contribution < 1.29 is 9.53 Å². The summed E-state index contributed by atoms with van der Waals surface area (Å²) < 4.78 is 7.56. The minimum absolute atomic E-state index is 0.237. The van der Waals surface area contributed by atoms with Crippen LogP contribution in [0, 0.1) is 13.8 Å². The van der Waals surface area contributed by atoms with Gasteiger partial charge < -0.3 is 10.1 Å². The van der Waals surface area contributed by atoms with Crippen LogP contribution in [0.5, 0.6) is 5.75 Å². The Morgan fingerprint density at radius 2 is 1.84 bits per heavy atom. The maximum absolute atomic E-state index is 12.8. The van der Waals surface area contributed by atoms with Crippen LogP contribution < -0.4 is 10.1 Å². The summed E-state index contributed by atoms with van der Waals surface area (Å²) in [7, 11) is 1.63. The normalized spacial score (nSPS) is 10.9. The van der Waals surface area contributed by atoms with Gasteiger partial charge in [0.2, 0.25) is 0 Å². The van der Waals surface area contributed by atoms with Crippen LogP contribution in [0.25, 0.3) is 17.1 Å². The van der Waals surface area contributed by atoms with E-state index in [0.29, 0.717) is 33.2 Å². The third-order valence-corrected chi connectivity index (χ3v) is 8.25. The van der Waals surface area contributed by atoms with Gasteiger partial charge in [-0.3, -0.25) is 9.36 Å². The second kappa shape index (κ2) is 11.4. The monoisotopic (exact) mass is 561 g/mol. The van der Waals surface area contributed by atoms with Crippen LogP contribution in [0.15, 0.2) is 77.3 Å². The molecule has 0 fully saturated rings. The first-order valence-corrected chi connectivity index (χ1v) is 14.0. The van der Waals surface area contributed by atoms with E-state index in [1.54, 1.807) is 12.5 Å². The van der Waals surface area contributed by atoms with E-state index in [9.17, 15) is 4.79 Å². The third kappa shape index (κ3) is 5.45. The molecular weight excluding hydrogens is 538 g/mol. The van der Waals surface area contributed by atoms with Crippen LogP contribution >= 0.6 is 34.7 Å². The zero-order chi connectivity index (χ0) is 26.6. The van der Waals surface area contributed by atoms with Crippen molar-refractivity contribution in [3.63, 3.8) is 0 Å². The van der Waals surface area contributed by atoms with Gasteiger partial charge in [0.15, 0.2) is 11.0 Å². The molecule has 0 saturated carbocycles. The highest BCUT2D eigenvalue weighted by Gasteiger charge is 2.21. The number of halogens is 1. The number of amides is 1. The number of para-hydroxylation sites is 2. The van der Waals surface area contributed by atoms with E-state index in [1.807, 2.05) is 85.1 Å². The van der Waals surface area contributed by atoms with Crippen LogP contribution in [0.3, 0.4) is 0 Å². The van der Waals surface area contributed by atoms with Gasteiger partial charge in [-0.2, -0.15) is 0 Å². The summed E-state index contributed by atoms with van der Waals surface area (Å²) in [6, 6.07) is 21.0. The summed E-state index contributed by atoms with van der Waals surface area (Å²) in [5, 5.41) is 15.7.